The highest BCUT2D eigenvalue weighted by molar-refractivity contribution is 5.91. The second kappa shape index (κ2) is 9.84. The van der Waals surface area contributed by atoms with Crippen molar-refractivity contribution in [2.75, 3.05) is 0 Å². The summed E-state index contributed by atoms with van der Waals surface area (Å²) in [5.74, 6) is 0.227. The topological polar surface area (TPSA) is 39.2 Å². The molecule has 0 N–H and O–H groups in total. The Morgan fingerprint density at radius 3 is 2.18 bits per heavy atom. The third kappa shape index (κ3) is 5.29. The molecule has 0 aliphatic heterocycles. The van der Waals surface area contributed by atoms with E-state index in [4.69, 9.17) is 4.74 Å². The second-order valence-electron chi connectivity index (χ2n) is 6.97. The number of esters is 1. The summed E-state index contributed by atoms with van der Waals surface area (Å²) in [6.45, 7) is 4.31. The SMILES string of the molecule is CCCCCc1ccc(OC(=O)c2ccc(-c3ccc(CC)cn3)cc2)cc1. The van der Waals surface area contributed by atoms with E-state index in [9.17, 15) is 4.79 Å². The third-order valence-electron chi connectivity index (χ3n) is 4.85. The van der Waals surface area contributed by atoms with Crippen molar-refractivity contribution >= 4 is 5.97 Å². The van der Waals surface area contributed by atoms with Gasteiger partial charge in [0.15, 0.2) is 0 Å². The van der Waals surface area contributed by atoms with Gasteiger partial charge in [-0.05, 0) is 60.7 Å². The molecule has 0 spiro atoms. The minimum absolute atomic E-state index is 0.348. The zero-order chi connectivity index (χ0) is 19.8. The molecule has 0 saturated heterocycles. The van der Waals surface area contributed by atoms with Gasteiger partial charge in [0.2, 0.25) is 0 Å². The highest BCUT2D eigenvalue weighted by Gasteiger charge is 2.09. The molecule has 0 fully saturated rings. The van der Waals surface area contributed by atoms with E-state index in [2.05, 4.69) is 24.9 Å². The Labute approximate surface area is 167 Å². The van der Waals surface area contributed by atoms with Crippen LogP contribution in [-0.2, 0) is 12.8 Å². The maximum Gasteiger partial charge on any atom is 0.343 e. The first kappa shape index (κ1) is 19.8. The average molecular weight is 373 g/mol. The van der Waals surface area contributed by atoms with Crippen LogP contribution < -0.4 is 4.74 Å². The van der Waals surface area contributed by atoms with Crippen LogP contribution in [0.1, 0.15) is 54.6 Å². The second-order valence-corrected chi connectivity index (χ2v) is 6.97. The molecule has 3 nitrogen and oxygen atoms in total. The molecule has 1 heterocycles. The fourth-order valence-electron chi connectivity index (χ4n) is 3.05. The van der Waals surface area contributed by atoms with Gasteiger partial charge in [-0.2, -0.15) is 0 Å². The summed E-state index contributed by atoms with van der Waals surface area (Å²) in [5, 5.41) is 0. The van der Waals surface area contributed by atoms with Gasteiger partial charge < -0.3 is 4.74 Å². The van der Waals surface area contributed by atoms with Crippen molar-refractivity contribution in [3.05, 3.63) is 83.6 Å². The van der Waals surface area contributed by atoms with Gasteiger partial charge in [-0.1, -0.05) is 57.0 Å². The first-order valence-corrected chi connectivity index (χ1v) is 10.1. The highest BCUT2D eigenvalue weighted by atomic mass is 16.5. The van der Waals surface area contributed by atoms with Gasteiger partial charge in [0.05, 0.1) is 11.3 Å². The van der Waals surface area contributed by atoms with Crippen molar-refractivity contribution < 1.29 is 9.53 Å². The van der Waals surface area contributed by atoms with Gasteiger partial charge in [-0.3, -0.25) is 4.98 Å². The summed E-state index contributed by atoms with van der Waals surface area (Å²) >= 11 is 0. The van der Waals surface area contributed by atoms with Crippen LogP contribution in [0.4, 0.5) is 0 Å². The molecule has 3 aromatic rings. The van der Waals surface area contributed by atoms with Gasteiger partial charge in [0.1, 0.15) is 5.75 Å². The van der Waals surface area contributed by atoms with E-state index in [-0.39, 0.29) is 5.97 Å². The number of benzene rings is 2. The molecule has 0 amide bonds. The molecule has 0 radical (unpaired) electrons. The number of rotatable bonds is 8. The van der Waals surface area contributed by atoms with Gasteiger partial charge >= 0.3 is 5.97 Å². The van der Waals surface area contributed by atoms with Crippen molar-refractivity contribution in [2.45, 2.75) is 46.0 Å². The van der Waals surface area contributed by atoms with E-state index < -0.39 is 0 Å². The zero-order valence-electron chi connectivity index (χ0n) is 16.7. The van der Waals surface area contributed by atoms with Crippen molar-refractivity contribution in [1.29, 1.82) is 0 Å². The summed E-state index contributed by atoms with van der Waals surface area (Å²) in [6, 6.07) is 19.3. The van der Waals surface area contributed by atoms with Crippen LogP contribution in [0.3, 0.4) is 0 Å². The molecule has 0 atom stereocenters. The van der Waals surface area contributed by atoms with Crippen molar-refractivity contribution in [3.63, 3.8) is 0 Å². The van der Waals surface area contributed by atoms with Crippen molar-refractivity contribution in [1.82, 2.24) is 4.98 Å². The Balaban J connectivity index is 1.61. The van der Waals surface area contributed by atoms with E-state index in [1.165, 1.54) is 30.4 Å². The van der Waals surface area contributed by atoms with Crippen LogP contribution in [0, 0.1) is 0 Å². The standard InChI is InChI=1S/C25H27NO2/c1-3-5-6-7-20-8-15-23(16-9-20)28-25(27)22-13-11-21(12-14-22)24-17-10-19(4-2)18-26-24/h8-18H,3-7H2,1-2H3. The number of hydrogen-bond donors (Lipinski definition) is 0. The monoisotopic (exact) mass is 373 g/mol. The fourth-order valence-corrected chi connectivity index (χ4v) is 3.05. The molecule has 144 valence electrons. The summed E-state index contributed by atoms with van der Waals surface area (Å²) in [4.78, 5) is 16.9. The number of ether oxygens (including phenoxy) is 1. The lowest BCUT2D eigenvalue weighted by atomic mass is 10.1. The number of carbonyl (C=O) groups is 1. The molecule has 0 unspecified atom stereocenters. The molecule has 0 saturated carbocycles. The molecule has 0 bridgehead atoms. The van der Waals surface area contributed by atoms with E-state index in [1.807, 2.05) is 48.7 Å². The number of pyridine rings is 1. The Hall–Kier alpha value is -2.94. The number of aromatic nitrogens is 1. The molecule has 1 aromatic heterocycles. The molecule has 0 aliphatic carbocycles. The average Bonchev–Trinajstić information content (AvgIpc) is 2.75. The maximum absolute atomic E-state index is 12.4. The lowest BCUT2D eigenvalue weighted by Crippen LogP contribution is -2.08. The Kier molecular flexibility index (Phi) is 6.96. The van der Waals surface area contributed by atoms with Gasteiger partial charge in [0, 0.05) is 11.8 Å². The van der Waals surface area contributed by atoms with Crippen LogP contribution in [0.15, 0.2) is 66.9 Å². The minimum atomic E-state index is -0.348. The lowest BCUT2D eigenvalue weighted by molar-refractivity contribution is 0.0734. The number of carbonyl (C=O) groups excluding carboxylic acids is 1. The molecular weight excluding hydrogens is 346 g/mol. The summed E-state index contributed by atoms with van der Waals surface area (Å²) in [7, 11) is 0. The fraction of sp³-hybridized carbons (Fsp3) is 0.280. The first-order valence-electron chi connectivity index (χ1n) is 10.1. The number of nitrogens with zero attached hydrogens (tertiary/aromatic N) is 1. The highest BCUT2D eigenvalue weighted by Crippen LogP contribution is 2.20. The third-order valence-corrected chi connectivity index (χ3v) is 4.85. The molecule has 0 aliphatic rings. The van der Waals surface area contributed by atoms with E-state index in [1.54, 1.807) is 12.1 Å². The van der Waals surface area contributed by atoms with Crippen LogP contribution in [0.2, 0.25) is 0 Å². The number of unbranched alkanes of at least 4 members (excludes halogenated alkanes) is 2. The quantitative estimate of drug-likeness (QED) is 0.266. The van der Waals surface area contributed by atoms with Crippen molar-refractivity contribution in [2.24, 2.45) is 0 Å². The predicted molar refractivity (Wildman–Crippen MR) is 114 cm³/mol. The van der Waals surface area contributed by atoms with Crippen LogP contribution in [0.5, 0.6) is 5.75 Å². The smallest absolute Gasteiger partial charge is 0.343 e. The number of hydrogen-bond acceptors (Lipinski definition) is 3. The van der Waals surface area contributed by atoms with Crippen molar-refractivity contribution in [3.8, 4) is 17.0 Å². The molecule has 2 aromatic carbocycles. The zero-order valence-corrected chi connectivity index (χ0v) is 16.7. The normalized spacial score (nSPS) is 10.6. The number of aryl methyl sites for hydroxylation is 2. The molecule has 28 heavy (non-hydrogen) atoms. The first-order chi connectivity index (χ1) is 13.7. The molecular formula is C25H27NO2. The van der Waals surface area contributed by atoms with Crippen LogP contribution >= 0.6 is 0 Å². The summed E-state index contributed by atoms with van der Waals surface area (Å²) in [5.41, 5.74) is 4.90. The molecule has 3 rings (SSSR count). The Morgan fingerprint density at radius 2 is 1.57 bits per heavy atom. The lowest BCUT2D eigenvalue weighted by Gasteiger charge is -2.07. The van der Waals surface area contributed by atoms with E-state index in [0.717, 1.165) is 24.1 Å². The van der Waals surface area contributed by atoms with Crippen LogP contribution in [0.25, 0.3) is 11.3 Å². The Bertz CT molecular complexity index is 881. The van der Waals surface area contributed by atoms with E-state index >= 15 is 0 Å². The van der Waals surface area contributed by atoms with Gasteiger partial charge in [-0.25, -0.2) is 4.79 Å². The van der Waals surface area contributed by atoms with Gasteiger partial charge in [-0.15, -0.1) is 0 Å². The van der Waals surface area contributed by atoms with Crippen LogP contribution in [-0.4, -0.2) is 11.0 Å². The van der Waals surface area contributed by atoms with Gasteiger partial charge in [0.25, 0.3) is 0 Å². The predicted octanol–water partition coefficient (Wildman–Crippen LogP) is 6.26. The Morgan fingerprint density at radius 1 is 0.857 bits per heavy atom. The summed E-state index contributed by atoms with van der Waals surface area (Å²) in [6.07, 6.45) is 7.58. The van der Waals surface area contributed by atoms with E-state index in [0.29, 0.717) is 11.3 Å². The maximum atomic E-state index is 12.4. The summed E-state index contributed by atoms with van der Waals surface area (Å²) < 4.78 is 5.50. The molecule has 3 heteroatoms. The minimum Gasteiger partial charge on any atom is -0.423 e. The largest absolute Gasteiger partial charge is 0.423 e.